The summed E-state index contributed by atoms with van der Waals surface area (Å²) in [5, 5.41) is 0.00336. The van der Waals surface area contributed by atoms with Crippen molar-refractivity contribution < 1.29 is 20.4 Å². The van der Waals surface area contributed by atoms with Crippen molar-refractivity contribution in [3.05, 3.63) is 330 Å². The SMILES string of the molecule is [2H]c1c([2H])c([2H])c2c(c1[2H])c1c([2H])c([2H])c([2H])c([2H])c1n2-c1ccc2c(c1)N(c1c(-c3ccccc3)cc(C(C)(C)C)cc1-c1ccccc1)c1cc(-c3ccc4c(c3)Oc3ccccc3C4(c3ccccc3)c3ccccc3)cc3c1B2c1ccc(-c2cc(C(C)(C)C)cc(C(C)(C)C)c2)cc1O3. The van der Waals surface area contributed by atoms with Gasteiger partial charge in [-0.05, 0) is 161 Å². The number of para-hydroxylation sites is 3. The highest BCUT2D eigenvalue weighted by Crippen LogP contribution is 2.57. The molecular weight excluding hydrogens is 1160 g/mol. The second-order valence-corrected chi connectivity index (χ2v) is 29.0. The number of hydrogen-bond acceptors (Lipinski definition) is 3. The summed E-state index contributed by atoms with van der Waals surface area (Å²) >= 11 is 0. The lowest BCUT2D eigenvalue weighted by molar-refractivity contribution is 0.434. The molecule has 0 spiro atoms. The topological polar surface area (TPSA) is 26.6 Å². The minimum Gasteiger partial charge on any atom is -0.458 e. The van der Waals surface area contributed by atoms with Gasteiger partial charge < -0.3 is 18.9 Å². The number of aromatic nitrogens is 1. The maximum atomic E-state index is 9.76. The zero-order valence-electron chi connectivity index (χ0n) is 63.4. The summed E-state index contributed by atoms with van der Waals surface area (Å²) in [6.45, 7) is 19.8. The Hall–Kier alpha value is -10.9. The molecule has 0 unspecified atom stereocenters. The summed E-state index contributed by atoms with van der Waals surface area (Å²) in [6, 6.07) is 82.6. The van der Waals surface area contributed by atoms with Gasteiger partial charge in [-0.1, -0.05) is 287 Å². The molecule has 0 radical (unpaired) electrons. The second-order valence-electron chi connectivity index (χ2n) is 29.0. The molecule has 0 amide bonds. The number of hydrogen-bond donors (Lipinski definition) is 0. The van der Waals surface area contributed by atoms with E-state index in [0.717, 1.165) is 112 Å². The molecule has 17 rings (SSSR count). The Balaban J connectivity index is 1.01. The summed E-state index contributed by atoms with van der Waals surface area (Å²) in [6.07, 6.45) is 0. The minimum absolute atomic E-state index is 0.00168. The Bertz CT molecular complexity index is 5710. The Labute approximate surface area is 576 Å². The van der Waals surface area contributed by atoms with Crippen LogP contribution in [0.15, 0.2) is 291 Å². The van der Waals surface area contributed by atoms with E-state index in [4.69, 9.17) is 12.2 Å². The van der Waals surface area contributed by atoms with Crippen molar-refractivity contribution in [1.29, 1.82) is 0 Å². The predicted molar refractivity (Wildman–Crippen MR) is 403 cm³/mol. The quantitative estimate of drug-likeness (QED) is 0.142. The van der Waals surface area contributed by atoms with Gasteiger partial charge in [0.1, 0.15) is 23.0 Å². The number of nitrogens with zero attached hydrogens (tertiary/aromatic N) is 2. The van der Waals surface area contributed by atoms with Gasteiger partial charge in [0.25, 0.3) is 6.71 Å². The van der Waals surface area contributed by atoms with Crippen molar-refractivity contribution in [3.8, 4) is 73.2 Å². The summed E-state index contributed by atoms with van der Waals surface area (Å²) in [5.74, 6) is 2.79. The largest absolute Gasteiger partial charge is 0.458 e. The van der Waals surface area contributed by atoms with Gasteiger partial charge in [-0.3, -0.25) is 0 Å². The Kier molecular flexibility index (Phi) is 11.7. The van der Waals surface area contributed by atoms with Gasteiger partial charge >= 0.3 is 0 Å². The van der Waals surface area contributed by atoms with Gasteiger partial charge in [-0.2, -0.15) is 0 Å². The zero-order valence-corrected chi connectivity index (χ0v) is 55.4. The lowest BCUT2D eigenvalue weighted by Gasteiger charge is -2.42. The fourth-order valence-electron chi connectivity index (χ4n) is 15.2. The molecule has 4 nitrogen and oxygen atoms in total. The molecule has 0 bridgehead atoms. The van der Waals surface area contributed by atoms with E-state index in [9.17, 15) is 8.22 Å². The minimum atomic E-state index is -0.774. The van der Waals surface area contributed by atoms with Gasteiger partial charge in [-0.25, -0.2) is 0 Å². The lowest BCUT2D eigenvalue weighted by atomic mass is 9.34. The molecule has 96 heavy (non-hydrogen) atoms. The van der Waals surface area contributed by atoms with Crippen LogP contribution in [-0.2, 0) is 21.7 Å². The first-order valence-corrected chi connectivity index (χ1v) is 33.2. The smallest absolute Gasteiger partial charge is 0.256 e. The standard InChI is InChI=1S/C91H75BN2O2/c1-88(2,3)66-48-62(49-67(54-66)89(4,5)6)61-43-46-77-84(52-61)96-85-53-63(60-42-45-75-83(51-60)95-82-41-27-24-38-74(82)91(75,64-32-18-12-19-33-64)65-34-20-13-21-35-65)50-81-86(85)92(77)76-47-44-69(93-78-39-25-22-36-70(78)71-37-23-26-40-79(71)93)57-80(76)94(81)87-72(58-28-14-10-15-29-58)55-68(90(7,8)9)56-73(87)59-30-16-11-17-31-59/h10-57H,1-9H3/i22D,23D,25D,26D,36D,37D,39D,40D. The van der Waals surface area contributed by atoms with E-state index in [-0.39, 0.29) is 50.1 Å². The molecule has 5 heteroatoms. The molecule has 1 aromatic heterocycles. The molecule has 13 aromatic carbocycles. The fourth-order valence-corrected chi connectivity index (χ4v) is 15.2. The molecule has 3 aliphatic rings. The van der Waals surface area contributed by atoms with Gasteiger partial charge in [0.05, 0.1) is 33.1 Å². The van der Waals surface area contributed by atoms with Crippen molar-refractivity contribution in [2.24, 2.45) is 0 Å². The number of rotatable bonds is 8. The van der Waals surface area contributed by atoms with Crippen molar-refractivity contribution in [1.82, 2.24) is 4.57 Å². The Morgan fingerprint density at radius 1 is 0.365 bits per heavy atom. The highest BCUT2D eigenvalue weighted by molar-refractivity contribution is 6.99. The molecule has 0 saturated heterocycles. The molecule has 0 saturated carbocycles. The van der Waals surface area contributed by atoms with Crippen LogP contribution in [0.5, 0.6) is 23.0 Å². The molecular formula is C91H75BN2O2. The highest BCUT2D eigenvalue weighted by atomic mass is 16.5. The monoisotopic (exact) mass is 1250 g/mol. The van der Waals surface area contributed by atoms with Crippen molar-refractivity contribution in [2.45, 2.75) is 84.0 Å². The van der Waals surface area contributed by atoms with Crippen molar-refractivity contribution in [2.75, 3.05) is 4.90 Å². The first-order chi connectivity index (χ1) is 49.8. The predicted octanol–water partition coefficient (Wildman–Crippen LogP) is 22.2. The van der Waals surface area contributed by atoms with E-state index < -0.39 is 48.4 Å². The average molecular weight is 1250 g/mol. The lowest BCUT2D eigenvalue weighted by Crippen LogP contribution is -2.59. The maximum absolute atomic E-state index is 9.76. The van der Waals surface area contributed by atoms with E-state index in [1.807, 2.05) is 24.3 Å². The van der Waals surface area contributed by atoms with Gasteiger partial charge in [0.15, 0.2) is 0 Å². The van der Waals surface area contributed by atoms with E-state index in [1.165, 1.54) is 11.1 Å². The second kappa shape index (κ2) is 22.1. The van der Waals surface area contributed by atoms with Crippen LogP contribution in [0.25, 0.3) is 72.0 Å². The third kappa shape index (κ3) is 9.48. The molecule has 14 aromatic rings. The molecule has 0 atom stereocenters. The van der Waals surface area contributed by atoms with Crippen LogP contribution in [0.4, 0.5) is 17.1 Å². The summed E-state index contributed by atoms with van der Waals surface area (Å²) in [4.78, 5) is 2.36. The van der Waals surface area contributed by atoms with Gasteiger partial charge in [0, 0.05) is 50.1 Å². The molecule has 0 fully saturated rings. The first-order valence-electron chi connectivity index (χ1n) is 37.2. The van der Waals surface area contributed by atoms with Gasteiger partial charge in [-0.15, -0.1) is 0 Å². The summed E-state index contributed by atoms with van der Waals surface area (Å²) < 4.78 is 91.5. The van der Waals surface area contributed by atoms with E-state index in [2.05, 4.69) is 286 Å². The van der Waals surface area contributed by atoms with Crippen LogP contribution in [0.2, 0.25) is 0 Å². The van der Waals surface area contributed by atoms with Crippen molar-refractivity contribution in [3.63, 3.8) is 0 Å². The maximum Gasteiger partial charge on any atom is 0.256 e. The molecule has 3 aliphatic heterocycles. The Morgan fingerprint density at radius 3 is 1.42 bits per heavy atom. The van der Waals surface area contributed by atoms with Crippen LogP contribution in [-0.4, -0.2) is 11.3 Å². The fraction of sp³-hybridized carbons (Fsp3) is 0.143. The first kappa shape index (κ1) is 50.6. The molecule has 0 N–H and O–H groups in total. The van der Waals surface area contributed by atoms with Gasteiger partial charge in [0.2, 0.25) is 0 Å². The zero-order chi connectivity index (χ0) is 72.4. The number of ether oxygens (including phenoxy) is 2. The highest BCUT2D eigenvalue weighted by Gasteiger charge is 2.47. The van der Waals surface area contributed by atoms with Crippen LogP contribution >= 0.6 is 0 Å². The van der Waals surface area contributed by atoms with Crippen LogP contribution < -0.4 is 30.8 Å². The molecule has 0 aliphatic carbocycles. The van der Waals surface area contributed by atoms with E-state index >= 15 is 0 Å². The third-order valence-corrected chi connectivity index (χ3v) is 20.1. The molecule has 4 heterocycles. The summed E-state index contributed by atoms with van der Waals surface area (Å²) in [7, 11) is 0. The third-order valence-electron chi connectivity index (χ3n) is 20.1. The number of benzene rings is 13. The van der Waals surface area contributed by atoms with Crippen LogP contribution in [0.1, 0.15) is 112 Å². The van der Waals surface area contributed by atoms with Crippen LogP contribution in [0.3, 0.4) is 0 Å². The normalized spacial score (nSPS) is 14.8. The number of fused-ring (bicyclic) bond motifs is 9. The van der Waals surface area contributed by atoms with E-state index in [1.54, 1.807) is 4.57 Å². The van der Waals surface area contributed by atoms with Crippen LogP contribution in [0, 0.1) is 0 Å². The number of anilines is 3. The molecule has 464 valence electrons. The average Bonchev–Trinajstić information content (AvgIpc) is 0.944. The summed E-state index contributed by atoms with van der Waals surface area (Å²) in [5.41, 5.74) is 19.6. The van der Waals surface area contributed by atoms with Crippen molar-refractivity contribution >= 4 is 62.0 Å². The Morgan fingerprint density at radius 2 is 0.833 bits per heavy atom. The van der Waals surface area contributed by atoms with E-state index in [0.29, 0.717) is 22.9 Å².